The van der Waals surface area contributed by atoms with Crippen LogP contribution < -0.4 is 24.8 Å². The van der Waals surface area contributed by atoms with Crippen LogP contribution in [0.1, 0.15) is 154 Å². The molecule has 8 aliphatic carbocycles. The maximum Gasteiger partial charge on any atom is 2.00 e. The molecule has 0 nitrogen and oxygen atoms in total. The fraction of sp³-hybridized carbons (Fsp3) is 0.625. The Morgan fingerprint density at radius 1 is 0.706 bits per heavy atom. The van der Waals surface area contributed by atoms with E-state index >= 15 is 0 Å². The molecule has 3 atom stereocenters. The van der Waals surface area contributed by atoms with Crippen LogP contribution in [-0.4, -0.2) is 0 Å². The van der Waals surface area contributed by atoms with E-state index in [2.05, 4.69) is 110 Å². The van der Waals surface area contributed by atoms with Crippen LogP contribution in [0.2, 0.25) is 0 Å². The van der Waals surface area contributed by atoms with Crippen LogP contribution in [0.4, 0.5) is 0 Å². The molecule has 51 heavy (non-hydrogen) atoms. The number of hydrogen-bond acceptors (Lipinski definition) is 0. The summed E-state index contributed by atoms with van der Waals surface area (Å²) in [5.74, 6) is 5.50. The molecule has 0 radical (unpaired) electrons. The molecule has 2 aromatic carbocycles. The first-order valence-electron chi connectivity index (χ1n) is 20.2. The number of allylic oxidation sites excluding steroid dienone is 6. The Bertz CT molecular complexity index is 1660. The van der Waals surface area contributed by atoms with Crippen LogP contribution >= 0.6 is 0 Å². The first-order chi connectivity index (χ1) is 22.8. The summed E-state index contributed by atoms with van der Waals surface area (Å²) in [5.41, 5.74) is 15.8. The van der Waals surface area contributed by atoms with Crippen molar-refractivity contribution in [3.63, 3.8) is 0 Å². The molecule has 3 heteroatoms. The smallest absolute Gasteiger partial charge is 1.00 e. The van der Waals surface area contributed by atoms with Gasteiger partial charge in [-0.25, -0.2) is 0 Å². The molecule has 0 aromatic heterocycles. The van der Waals surface area contributed by atoms with E-state index in [1.165, 1.54) is 92.9 Å². The van der Waals surface area contributed by atoms with Gasteiger partial charge in [-0.2, -0.15) is 0 Å². The fourth-order valence-electron chi connectivity index (χ4n) is 13.4. The second-order valence-electron chi connectivity index (χ2n) is 20.6. The molecule has 0 saturated heterocycles. The molecular formula is C48H62Cl2Zr. The Balaban J connectivity index is 0.00000149. The molecule has 4 saturated carbocycles. The summed E-state index contributed by atoms with van der Waals surface area (Å²) in [4.78, 5) is 0. The maximum atomic E-state index is 2.94. The average molecular weight is 801 g/mol. The molecule has 272 valence electrons. The molecule has 0 aliphatic heterocycles. The molecule has 4 fully saturated rings. The quantitative estimate of drug-likeness (QED) is 0.286. The molecule has 0 heterocycles. The summed E-state index contributed by atoms with van der Waals surface area (Å²) in [5, 5.41) is 0. The Kier molecular flexibility index (Phi) is 10.7. The van der Waals surface area contributed by atoms with Crippen LogP contribution in [0.15, 0.2) is 71.3 Å². The van der Waals surface area contributed by atoms with Crippen molar-refractivity contribution in [3.05, 3.63) is 93.6 Å². The first kappa shape index (κ1) is 39.8. The van der Waals surface area contributed by atoms with E-state index in [9.17, 15) is 0 Å². The first-order valence-corrected chi connectivity index (χ1v) is 20.2. The van der Waals surface area contributed by atoms with E-state index in [1.54, 1.807) is 11.1 Å². The minimum atomic E-state index is 0. The predicted molar refractivity (Wildman–Crippen MR) is 203 cm³/mol. The molecule has 4 bridgehead atoms. The molecule has 0 amide bonds. The molecule has 2 aromatic rings. The SMILES string of the molecule is CC(C)C1(C2c3cc(C(C)(C)C)ccc3-c3ccc(C(C)(C)C)cc32)CC(C2CC=CCC2)C2=C1C=C(C13CC4CC(CC(C4)C1)C3)C2.[Cl-].[Cl-].[Zr+2]. The zero-order valence-electron chi connectivity index (χ0n) is 32.8. The van der Waals surface area contributed by atoms with Gasteiger partial charge >= 0.3 is 26.2 Å². The second-order valence-corrected chi connectivity index (χ2v) is 20.6. The van der Waals surface area contributed by atoms with E-state index in [0.717, 1.165) is 29.6 Å². The summed E-state index contributed by atoms with van der Waals surface area (Å²) in [6.07, 6.45) is 23.6. The number of halogens is 2. The third-order valence-electron chi connectivity index (χ3n) is 15.4. The number of rotatable bonds is 4. The van der Waals surface area contributed by atoms with Crippen molar-refractivity contribution in [2.24, 2.45) is 46.3 Å². The molecule has 0 N–H and O–H groups in total. The van der Waals surface area contributed by atoms with E-state index in [4.69, 9.17) is 0 Å². The summed E-state index contributed by atoms with van der Waals surface area (Å²) in [7, 11) is 0. The average Bonchev–Trinajstić information content (AvgIpc) is 3.70. The monoisotopic (exact) mass is 798 g/mol. The largest absolute Gasteiger partial charge is 2.00 e. The Morgan fingerprint density at radius 3 is 1.69 bits per heavy atom. The molecule has 8 aliphatic rings. The predicted octanol–water partition coefficient (Wildman–Crippen LogP) is 7.26. The molecule has 3 unspecified atom stereocenters. The van der Waals surface area contributed by atoms with Crippen molar-refractivity contribution in [3.8, 4) is 11.1 Å². The van der Waals surface area contributed by atoms with Gasteiger partial charge in [0.2, 0.25) is 0 Å². The maximum absolute atomic E-state index is 2.94. The summed E-state index contributed by atoms with van der Waals surface area (Å²) in [6, 6.07) is 15.3. The fourth-order valence-corrected chi connectivity index (χ4v) is 13.4. The van der Waals surface area contributed by atoms with Crippen molar-refractivity contribution >= 4 is 0 Å². The van der Waals surface area contributed by atoms with Crippen LogP contribution in [-0.2, 0) is 37.0 Å². The Labute approximate surface area is 342 Å². The number of fused-ring (bicyclic) bond motifs is 3. The third-order valence-corrected chi connectivity index (χ3v) is 15.4. The van der Waals surface area contributed by atoms with Gasteiger partial charge in [-0.15, -0.1) is 0 Å². The van der Waals surface area contributed by atoms with Gasteiger partial charge in [0.1, 0.15) is 0 Å². The van der Waals surface area contributed by atoms with Gasteiger partial charge in [0.15, 0.2) is 0 Å². The summed E-state index contributed by atoms with van der Waals surface area (Å²) in [6.45, 7) is 19.7. The van der Waals surface area contributed by atoms with E-state index in [0.29, 0.717) is 17.3 Å². The Hall–Kier alpha value is -0.877. The Morgan fingerprint density at radius 2 is 1.24 bits per heavy atom. The number of hydrogen-bond donors (Lipinski definition) is 0. The van der Waals surface area contributed by atoms with E-state index in [1.807, 2.05) is 16.7 Å². The van der Waals surface area contributed by atoms with Crippen LogP contribution in [0.3, 0.4) is 0 Å². The van der Waals surface area contributed by atoms with E-state index in [-0.39, 0.29) is 67.3 Å². The van der Waals surface area contributed by atoms with Crippen LogP contribution in [0.5, 0.6) is 0 Å². The van der Waals surface area contributed by atoms with Gasteiger partial charge in [-0.1, -0.05) is 121 Å². The van der Waals surface area contributed by atoms with Gasteiger partial charge in [-0.3, -0.25) is 0 Å². The minimum absolute atomic E-state index is 0. The van der Waals surface area contributed by atoms with E-state index < -0.39 is 0 Å². The third kappa shape index (κ3) is 6.16. The minimum Gasteiger partial charge on any atom is -1.00 e. The number of benzene rings is 2. The van der Waals surface area contributed by atoms with Crippen molar-refractivity contribution in [2.45, 2.75) is 143 Å². The molecular weight excluding hydrogens is 739 g/mol. The molecule has 0 spiro atoms. The van der Waals surface area contributed by atoms with Crippen LogP contribution in [0, 0.1) is 46.3 Å². The summed E-state index contributed by atoms with van der Waals surface area (Å²) >= 11 is 0. The standard InChI is InChI=1S/C48H62.2ClH.Zr/c1-29(2)48(44-40-21-34(45(3,4)5)14-16-37(40)38-17-15-35(22-41(38)44)46(6,7)8)28-42(33-12-10-9-11-13-33)39-23-36(24-43(39)48)47-25-30-18-31(26-47)20-32(19-30)27-47;;;/h9-10,14-17,21-22,24,29-33,42,44H,11-13,18-20,23,25-28H2,1-8H3;2*1H;/q;;;+2/p-2. The topological polar surface area (TPSA) is 0 Å². The van der Waals surface area contributed by atoms with Crippen molar-refractivity contribution in [1.82, 2.24) is 0 Å². The van der Waals surface area contributed by atoms with Gasteiger partial charge in [-0.05, 0) is 161 Å². The van der Waals surface area contributed by atoms with Gasteiger partial charge in [0.05, 0.1) is 0 Å². The zero-order chi connectivity index (χ0) is 33.4. The normalized spacial score (nSPS) is 33.4. The van der Waals surface area contributed by atoms with Gasteiger partial charge in [0.25, 0.3) is 0 Å². The van der Waals surface area contributed by atoms with Crippen molar-refractivity contribution in [1.29, 1.82) is 0 Å². The van der Waals surface area contributed by atoms with Crippen LogP contribution in [0.25, 0.3) is 11.1 Å². The van der Waals surface area contributed by atoms with Gasteiger partial charge in [0, 0.05) is 11.3 Å². The van der Waals surface area contributed by atoms with Crippen molar-refractivity contribution < 1.29 is 51.0 Å². The molecule has 10 rings (SSSR count). The van der Waals surface area contributed by atoms with Crippen molar-refractivity contribution in [2.75, 3.05) is 0 Å². The summed E-state index contributed by atoms with van der Waals surface area (Å²) < 4.78 is 0. The zero-order valence-corrected chi connectivity index (χ0v) is 36.7. The van der Waals surface area contributed by atoms with Gasteiger partial charge < -0.3 is 24.8 Å². The second kappa shape index (κ2) is 13.7.